The third-order valence-corrected chi connectivity index (χ3v) is 11.0. The smallest absolute Gasteiger partial charge is 0.276 e. The summed E-state index contributed by atoms with van der Waals surface area (Å²) in [7, 11) is 0. The number of aryl methyl sites for hydroxylation is 4. The summed E-state index contributed by atoms with van der Waals surface area (Å²) in [5.41, 5.74) is 17.9. The summed E-state index contributed by atoms with van der Waals surface area (Å²) in [6, 6.07) is 12.0. The van der Waals surface area contributed by atoms with E-state index in [4.69, 9.17) is 26.5 Å². The number of primary amides is 2. The lowest BCUT2D eigenvalue weighted by atomic mass is 9.90. The summed E-state index contributed by atoms with van der Waals surface area (Å²) >= 11 is 0. The van der Waals surface area contributed by atoms with Gasteiger partial charge in [-0.15, -0.1) is 0 Å². The van der Waals surface area contributed by atoms with Crippen LogP contribution in [0.2, 0.25) is 0 Å². The molecule has 0 atom stereocenters. The maximum Gasteiger partial charge on any atom is 0.276 e. The number of aromatic nitrogens is 8. The number of carbonyl (C=O) groups excluding carboxylic acids is 4. The summed E-state index contributed by atoms with van der Waals surface area (Å²) in [6.07, 6.45) is 5.84. The maximum atomic E-state index is 14.3. The van der Waals surface area contributed by atoms with Crippen molar-refractivity contribution in [2.45, 2.75) is 97.3 Å². The van der Waals surface area contributed by atoms with E-state index < -0.39 is 11.8 Å². The summed E-state index contributed by atoms with van der Waals surface area (Å²) in [5.74, 6) is -0.992. The third-order valence-electron chi connectivity index (χ3n) is 11.0. The molecule has 0 unspecified atom stereocenters. The number of nitrogens with zero attached hydrogens (tertiary/aromatic N) is 8. The van der Waals surface area contributed by atoms with Gasteiger partial charge in [0.2, 0.25) is 23.7 Å². The molecule has 55 heavy (non-hydrogen) atoms. The van der Waals surface area contributed by atoms with Crippen LogP contribution >= 0.6 is 0 Å². The lowest BCUT2D eigenvalue weighted by Crippen LogP contribution is -2.26. The van der Waals surface area contributed by atoms with Gasteiger partial charge in [0, 0.05) is 41.9 Å². The molecule has 0 saturated heterocycles. The van der Waals surface area contributed by atoms with Gasteiger partial charge in [-0.05, 0) is 108 Å². The van der Waals surface area contributed by atoms with E-state index in [1.54, 1.807) is 39.7 Å². The minimum absolute atomic E-state index is 0.0598. The lowest BCUT2D eigenvalue weighted by molar-refractivity contribution is 0.0992. The number of carbonyl (C=O) groups is 4. The Kier molecular flexibility index (Phi) is 9.19. The van der Waals surface area contributed by atoms with Crippen LogP contribution in [0.4, 0.5) is 11.9 Å². The van der Waals surface area contributed by atoms with E-state index in [0.29, 0.717) is 90.6 Å². The quantitative estimate of drug-likeness (QED) is 0.188. The Morgan fingerprint density at radius 1 is 0.764 bits per heavy atom. The highest BCUT2D eigenvalue weighted by atomic mass is 16.2. The molecule has 0 radical (unpaired) electrons. The van der Waals surface area contributed by atoms with Gasteiger partial charge in [-0.25, -0.2) is 9.97 Å². The van der Waals surface area contributed by atoms with Gasteiger partial charge in [0.25, 0.3) is 11.8 Å². The first-order valence-corrected chi connectivity index (χ1v) is 18.9. The molecule has 6 heterocycles. The topological polar surface area (TPSA) is 216 Å². The summed E-state index contributed by atoms with van der Waals surface area (Å²) < 4.78 is 7.60. The molecule has 16 nitrogen and oxygen atoms in total. The summed E-state index contributed by atoms with van der Waals surface area (Å²) in [6.45, 7) is 6.81. The molecule has 6 aromatic rings. The molecule has 1 saturated carbocycles. The molecule has 4 aromatic heterocycles. The monoisotopic (exact) mass is 744 g/mol. The van der Waals surface area contributed by atoms with Gasteiger partial charge in [-0.1, -0.05) is 6.42 Å². The Bertz CT molecular complexity index is 2510. The van der Waals surface area contributed by atoms with E-state index in [9.17, 15) is 19.2 Å². The van der Waals surface area contributed by atoms with Crippen LogP contribution in [0.1, 0.15) is 123 Å². The largest absolute Gasteiger partial charge is 0.366 e. The molecule has 2 aliphatic heterocycles. The zero-order valence-corrected chi connectivity index (χ0v) is 31.1. The van der Waals surface area contributed by atoms with Crippen molar-refractivity contribution in [1.29, 1.82) is 0 Å². The Labute approximate surface area is 316 Å². The molecule has 3 aliphatic rings. The third kappa shape index (κ3) is 6.50. The van der Waals surface area contributed by atoms with E-state index >= 15 is 0 Å². The second kappa shape index (κ2) is 14.2. The standard InChI is InChI=1S/C39H44N12O4/c1-4-48-33-27(22(3)47-48)8-6-5-7-17-49-32(18-21(2)46-49)36(54)44-38-42-28-19-23(34(40)52)9-15-30(28)50(38)25-11-13-26(14-12-25)51-31-16-10-24(35(41)53)20-29(31)43-39(51)45-37(33)55/h9-10,15-16,18-20,25-26H,4-8,11-14,17H2,1-3H3,(H2,40,52)(H2,41,53)(H,42,44,54)(H,43,45,55)/t25-,26-. The highest BCUT2D eigenvalue weighted by Gasteiger charge is 2.32. The average molecular weight is 745 g/mol. The first-order valence-electron chi connectivity index (χ1n) is 18.9. The van der Waals surface area contributed by atoms with Crippen molar-refractivity contribution in [3.63, 3.8) is 0 Å². The first-order chi connectivity index (χ1) is 26.5. The van der Waals surface area contributed by atoms with Crippen molar-refractivity contribution < 1.29 is 19.2 Å². The Morgan fingerprint density at radius 2 is 1.33 bits per heavy atom. The lowest BCUT2D eigenvalue weighted by Gasteiger charge is -2.32. The molecule has 1 fully saturated rings. The van der Waals surface area contributed by atoms with Crippen molar-refractivity contribution in [3.8, 4) is 0 Å². The van der Waals surface area contributed by atoms with E-state index in [2.05, 4.69) is 20.3 Å². The molecule has 2 aromatic carbocycles. The Balaban J connectivity index is 1.23. The van der Waals surface area contributed by atoms with Gasteiger partial charge in [-0.2, -0.15) is 10.2 Å². The summed E-state index contributed by atoms with van der Waals surface area (Å²) in [4.78, 5) is 62.2. The van der Waals surface area contributed by atoms with Crippen LogP contribution in [-0.4, -0.2) is 62.3 Å². The fourth-order valence-electron chi connectivity index (χ4n) is 8.36. The molecule has 16 heteroatoms. The minimum Gasteiger partial charge on any atom is -0.366 e. The number of fused-ring (bicyclic) bond motifs is 10. The number of imidazole rings is 2. The van der Waals surface area contributed by atoms with E-state index in [-0.39, 0.29) is 23.9 Å². The molecular formula is C39H44N12O4. The number of nitrogens with two attached hydrogens (primary N) is 2. The molecular weight excluding hydrogens is 701 g/mol. The number of rotatable bonds is 3. The Morgan fingerprint density at radius 3 is 1.87 bits per heavy atom. The molecule has 4 amide bonds. The van der Waals surface area contributed by atoms with Gasteiger partial charge in [-0.3, -0.25) is 39.2 Å². The van der Waals surface area contributed by atoms with Crippen LogP contribution in [0.15, 0.2) is 42.5 Å². The van der Waals surface area contributed by atoms with E-state index in [1.807, 2.05) is 37.5 Å². The SMILES string of the molecule is CCn1nc(C)c2c1C(=O)Nc1nc3cc(C(N)=O)ccc3n1[C@H]1CC[C@@H](CC1)n1c(nc3cc(C(N)=O)ccc31)NC(=O)c1cc(C)nn1CCCCC2. The van der Waals surface area contributed by atoms with Gasteiger partial charge in [0.15, 0.2) is 0 Å². The predicted octanol–water partition coefficient (Wildman–Crippen LogP) is 5.20. The maximum absolute atomic E-state index is 14.3. The number of amides is 4. The van der Waals surface area contributed by atoms with Gasteiger partial charge < -0.3 is 20.6 Å². The van der Waals surface area contributed by atoms with Gasteiger partial charge in [0.1, 0.15) is 11.4 Å². The van der Waals surface area contributed by atoms with Crippen LogP contribution in [0.5, 0.6) is 0 Å². The zero-order chi connectivity index (χ0) is 38.5. The van der Waals surface area contributed by atoms with Crippen LogP contribution in [-0.2, 0) is 19.5 Å². The molecule has 1 aliphatic carbocycles. The van der Waals surface area contributed by atoms with Crippen molar-refractivity contribution in [2.75, 3.05) is 10.6 Å². The highest BCUT2D eigenvalue weighted by Crippen LogP contribution is 2.41. The van der Waals surface area contributed by atoms with Crippen molar-refractivity contribution in [3.05, 3.63) is 81.9 Å². The molecule has 0 spiro atoms. The number of anilines is 2. The first kappa shape index (κ1) is 35.7. The van der Waals surface area contributed by atoms with Crippen LogP contribution in [0, 0.1) is 13.8 Å². The number of hydrogen-bond acceptors (Lipinski definition) is 8. The van der Waals surface area contributed by atoms with Gasteiger partial charge in [0.05, 0.1) is 33.5 Å². The molecule has 284 valence electrons. The number of benzene rings is 2. The highest BCUT2D eigenvalue weighted by molar-refractivity contribution is 6.05. The zero-order valence-electron chi connectivity index (χ0n) is 31.1. The molecule has 6 N–H and O–H groups in total. The number of nitrogens with one attached hydrogen (secondary N) is 2. The minimum atomic E-state index is -0.564. The molecule has 9 rings (SSSR count). The second-order valence-corrected chi connectivity index (χ2v) is 14.6. The fourth-order valence-corrected chi connectivity index (χ4v) is 8.36. The van der Waals surface area contributed by atoms with Crippen molar-refractivity contribution in [1.82, 2.24) is 38.7 Å². The van der Waals surface area contributed by atoms with Crippen molar-refractivity contribution >= 4 is 57.6 Å². The Hall–Kier alpha value is -6.32. The van der Waals surface area contributed by atoms with Crippen LogP contribution in [0.25, 0.3) is 22.1 Å². The van der Waals surface area contributed by atoms with Crippen molar-refractivity contribution in [2.24, 2.45) is 11.5 Å². The van der Waals surface area contributed by atoms with Crippen LogP contribution < -0.4 is 22.1 Å². The second-order valence-electron chi connectivity index (χ2n) is 14.6. The normalized spacial score (nSPS) is 18.2. The van der Waals surface area contributed by atoms with E-state index in [0.717, 1.165) is 47.2 Å². The molecule has 2 bridgehead atoms. The predicted molar refractivity (Wildman–Crippen MR) is 206 cm³/mol. The fraction of sp³-hybridized carbons (Fsp3) is 0.385. The van der Waals surface area contributed by atoms with Gasteiger partial charge >= 0.3 is 0 Å². The van der Waals surface area contributed by atoms with E-state index in [1.165, 1.54) is 0 Å². The average Bonchev–Trinajstić information content (AvgIpc) is 3.91. The summed E-state index contributed by atoms with van der Waals surface area (Å²) in [5, 5.41) is 15.6. The van der Waals surface area contributed by atoms with Crippen LogP contribution in [0.3, 0.4) is 0 Å². The number of hydrogen-bond donors (Lipinski definition) is 4.